The summed E-state index contributed by atoms with van der Waals surface area (Å²) in [6.45, 7) is 10.2. The lowest BCUT2D eigenvalue weighted by molar-refractivity contribution is -0.891. The van der Waals surface area contributed by atoms with Crippen LogP contribution in [-0.2, 0) is 24.1 Å². The molecule has 0 aromatic heterocycles. The van der Waals surface area contributed by atoms with E-state index in [1.165, 1.54) is 38.5 Å². The molecule has 0 spiro atoms. The van der Waals surface area contributed by atoms with Crippen LogP contribution in [0.3, 0.4) is 0 Å². The van der Waals surface area contributed by atoms with Crippen LogP contribution in [0.4, 0.5) is 0 Å². The molecule has 25 heavy (non-hydrogen) atoms. The summed E-state index contributed by atoms with van der Waals surface area (Å²) in [6, 6.07) is 0. The van der Waals surface area contributed by atoms with Crippen molar-refractivity contribution < 1.29 is 31.1 Å². The van der Waals surface area contributed by atoms with Gasteiger partial charge in [0.2, 0.25) is 10.4 Å². The molecular formula is C17H39NO6S. The van der Waals surface area contributed by atoms with Gasteiger partial charge in [-0.25, -0.2) is 8.42 Å². The molecule has 0 rings (SSSR count). The summed E-state index contributed by atoms with van der Waals surface area (Å²) >= 11 is 0. The van der Waals surface area contributed by atoms with Crippen molar-refractivity contribution in [3.05, 3.63) is 0 Å². The van der Waals surface area contributed by atoms with Crippen LogP contribution in [0.15, 0.2) is 0 Å². The largest absolute Gasteiger partial charge is 0.726 e. The number of unbranched alkanes of at least 4 members (excludes halogenated alkanes) is 4. The van der Waals surface area contributed by atoms with Gasteiger partial charge in [-0.05, 0) is 12.8 Å². The third-order valence-corrected chi connectivity index (χ3v) is 4.08. The average molecular weight is 386 g/mol. The predicted octanol–water partition coefficient (Wildman–Crippen LogP) is 2.57. The lowest BCUT2D eigenvalue weighted by Crippen LogP contribution is -2.44. The highest BCUT2D eigenvalue weighted by Gasteiger charge is 2.14. The van der Waals surface area contributed by atoms with Gasteiger partial charge >= 0.3 is 0 Å². The van der Waals surface area contributed by atoms with Gasteiger partial charge in [0, 0.05) is 13.2 Å². The second kappa shape index (κ2) is 17.2. The molecule has 0 bridgehead atoms. The van der Waals surface area contributed by atoms with Gasteiger partial charge in [0.15, 0.2) is 0 Å². The summed E-state index contributed by atoms with van der Waals surface area (Å²) in [5, 5.41) is 0. The van der Waals surface area contributed by atoms with Crippen LogP contribution in [0.2, 0.25) is 0 Å². The van der Waals surface area contributed by atoms with Gasteiger partial charge in [-0.2, -0.15) is 0 Å². The summed E-state index contributed by atoms with van der Waals surface area (Å²) in [5.41, 5.74) is 0. The maximum absolute atomic E-state index is 9.22. The highest BCUT2D eigenvalue weighted by molar-refractivity contribution is 7.80. The molecule has 0 aromatic rings. The predicted molar refractivity (Wildman–Crippen MR) is 99.2 cm³/mol. The summed E-state index contributed by atoms with van der Waals surface area (Å²) in [5.74, 6) is 0. The van der Waals surface area contributed by atoms with Crippen LogP contribution in [0.5, 0.6) is 0 Å². The van der Waals surface area contributed by atoms with E-state index in [9.17, 15) is 13.0 Å². The number of nitrogens with zero attached hydrogens (tertiary/aromatic N) is 1. The fourth-order valence-electron chi connectivity index (χ4n) is 1.85. The maximum atomic E-state index is 9.22. The average Bonchev–Trinajstić information content (AvgIpc) is 2.54. The fourth-order valence-corrected chi connectivity index (χ4v) is 1.85. The number of hydrogen-bond donors (Lipinski definition) is 0. The topological polar surface area (TPSA) is 84.9 Å². The minimum absolute atomic E-state index is 0.808. The molecule has 0 atom stereocenters. The maximum Gasteiger partial charge on any atom is 0.217 e. The Kier molecular flexibility index (Phi) is 18.5. The third kappa shape index (κ3) is 26.1. The summed E-state index contributed by atoms with van der Waals surface area (Å²) in [7, 11) is 0.905. The zero-order valence-electron chi connectivity index (χ0n) is 16.8. The molecule has 8 heteroatoms. The molecule has 0 heterocycles. The van der Waals surface area contributed by atoms with Crippen molar-refractivity contribution in [3.8, 4) is 0 Å². The minimum atomic E-state index is -4.41. The van der Waals surface area contributed by atoms with Crippen molar-refractivity contribution in [2.24, 2.45) is 0 Å². The van der Waals surface area contributed by atoms with E-state index in [1.54, 1.807) is 0 Å². The molecule has 7 nitrogen and oxygen atoms in total. The Morgan fingerprint density at radius 2 is 1.16 bits per heavy atom. The van der Waals surface area contributed by atoms with Crippen molar-refractivity contribution in [1.82, 2.24) is 0 Å². The Bertz CT molecular complexity index is 355. The summed E-state index contributed by atoms with van der Waals surface area (Å²) < 4.78 is 43.4. The van der Waals surface area contributed by atoms with Crippen molar-refractivity contribution in [3.63, 3.8) is 0 Å². The highest BCUT2D eigenvalue weighted by Crippen LogP contribution is 2.00. The molecule has 0 aromatic carbocycles. The van der Waals surface area contributed by atoms with Gasteiger partial charge in [0.1, 0.15) is 13.1 Å². The standard InChI is InChI=1S/C16H36NO2.CH4O4S/c1-5-7-9-13-18-15-11-17(3,4)12-16-19-14-10-8-6-2;1-5-6(2,3)4/h5-16H2,1-4H3;1H3,(H,2,3,4)/q+1;/p-1. The lowest BCUT2D eigenvalue weighted by atomic mass is 10.3. The highest BCUT2D eigenvalue weighted by atomic mass is 32.3. The molecule has 0 radical (unpaired) electrons. The zero-order chi connectivity index (χ0) is 19.6. The first-order valence-corrected chi connectivity index (χ1v) is 10.5. The molecule has 0 aliphatic rings. The number of ether oxygens (including phenoxy) is 2. The molecule has 0 unspecified atom stereocenters. The van der Waals surface area contributed by atoms with Crippen LogP contribution in [0.25, 0.3) is 0 Å². The molecule has 0 N–H and O–H groups in total. The van der Waals surface area contributed by atoms with E-state index in [-0.39, 0.29) is 0 Å². The quantitative estimate of drug-likeness (QED) is 0.186. The molecule has 0 amide bonds. The number of likely N-dealkylation sites (N-methyl/N-ethyl adjacent to an activating group) is 1. The van der Waals surface area contributed by atoms with E-state index in [2.05, 4.69) is 32.1 Å². The SMILES string of the molecule is CCCCCOCC[N+](C)(C)CCOCCCCC.COS(=O)(=O)[O-]. The molecule has 0 saturated carbocycles. The number of rotatable bonds is 15. The number of quaternary nitrogens is 1. The smallest absolute Gasteiger partial charge is 0.217 e. The second-order valence-electron chi connectivity index (χ2n) is 6.60. The Morgan fingerprint density at radius 1 is 0.800 bits per heavy atom. The first-order chi connectivity index (χ1) is 11.7. The molecule has 0 saturated heterocycles. The molecule has 0 fully saturated rings. The van der Waals surface area contributed by atoms with Crippen LogP contribution in [0, 0.1) is 0 Å². The van der Waals surface area contributed by atoms with Gasteiger partial charge in [-0.1, -0.05) is 39.5 Å². The van der Waals surface area contributed by atoms with E-state index < -0.39 is 10.4 Å². The summed E-state index contributed by atoms with van der Waals surface area (Å²) in [4.78, 5) is 0. The number of hydrogen-bond acceptors (Lipinski definition) is 6. The Balaban J connectivity index is 0. The molecule has 154 valence electrons. The second-order valence-corrected chi connectivity index (χ2v) is 7.75. The Hall–Kier alpha value is -0.250. The van der Waals surface area contributed by atoms with Gasteiger partial charge in [0.25, 0.3) is 0 Å². The van der Waals surface area contributed by atoms with Gasteiger partial charge in [-0.15, -0.1) is 0 Å². The summed E-state index contributed by atoms with van der Waals surface area (Å²) in [6.07, 6.45) is 7.49. The Morgan fingerprint density at radius 3 is 1.44 bits per heavy atom. The minimum Gasteiger partial charge on any atom is -0.726 e. The lowest BCUT2D eigenvalue weighted by Gasteiger charge is -2.29. The van der Waals surface area contributed by atoms with Crippen LogP contribution in [0.1, 0.15) is 52.4 Å². The fraction of sp³-hybridized carbons (Fsp3) is 1.00. The van der Waals surface area contributed by atoms with E-state index in [0.717, 1.165) is 51.1 Å². The first kappa shape index (κ1) is 27.0. The monoisotopic (exact) mass is 385 g/mol. The van der Waals surface area contributed by atoms with Gasteiger partial charge < -0.3 is 18.5 Å². The van der Waals surface area contributed by atoms with E-state index in [0.29, 0.717) is 0 Å². The molecule has 0 aliphatic heterocycles. The Labute approximate surface area is 155 Å². The van der Waals surface area contributed by atoms with E-state index in [4.69, 9.17) is 9.47 Å². The van der Waals surface area contributed by atoms with Gasteiger partial charge in [0.05, 0.1) is 34.4 Å². The molecular weight excluding hydrogens is 346 g/mol. The first-order valence-electron chi connectivity index (χ1n) is 9.17. The van der Waals surface area contributed by atoms with Crippen molar-refractivity contribution in [1.29, 1.82) is 0 Å². The van der Waals surface area contributed by atoms with Crippen LogP contribution < -0.4 is 0 Å². The third-order valence-electron chi connectivity index (χ3n) is 3.67. The van der Waals surface area contributed by atoms with E-state index in [1.807, 2.05) is 0 Å². The molecule has 0 aliphatic carbocycles. The van der Waals surface area contributed by atoms with Crippen LogP contribution in [-0.4, -0.2) is 78.2 Å². The van der Waals surface area contributed by atoms with Crippen molar-refractivity contribution >= 4 is 10.4 Å². The van der Waals surface area contributed by atoms with E-state index >= 15 is 0 Å². The van der Waals surface area contributed by atoms with Crippen molar-refractivity contribution in [2.75, 3.05) is 60.7 Å². The van der Waals surface area contributed by atoms with Crippen molar-refractivity contribution in [2.45, 2.75) is 52.4 Å². The zero-order valence-corrected chi connectivity index (χ0v) is 17.6. The van der Waals surface area contributed by atoms with Crippen LogP contribution >= 0.6 is 0 Å². The van der Waals surface area contributed by atoms with Gasteiger partial charge in [-0.3, -0.25) is 4.18 Å². The normalized spacial score (nSPS) is 11.9.